The minimum atomic E-state index is -0.440. The second-order valence-corrected chi connectivity index (χ2v) is 5.42. The Morgan fingerprint density at radius 3 is 2.29 bits per heavy atom. The third kappa shape index (κ3) is 3.49. The van der Waals surface area contributed by atoms with Crippen molar-refractivity contribution < 1.29 is 0 Å². The number of hydrogen-bond donors (Lipinski definition) is 2. The summed E-state index contributed by atoms with van der Waals surface area (Å²) in [5, 5.41) is 6.18. The lowest BCUT2D eigenvalue weighted by atomic mass is 10.1. The monoisotopic (exact) mass is 287 g/mol. The third-order valence-corrected chi connectivity index (χ3v) is 3.43. The van der Waals surface area contributed by atoms with Gasteiger partial charge in [0.05, 0.1) is 0 Å². The van der Waals surface area contributed by atoms with Crippen molar-refractivity contribution in [3.05, 3.63) is 56.3 Å². The Balaban J connectivity index is 2.05. The second-order valence-electron chi connectivity index (χ2n) is 5.42. The second kappa shape index (κ2) is 6.54. The molecule has 0 spiro atoms. The lowest BCUT2D eigenvalue weighted by Crippen LogP contribution is -2.39. The molecule has 5 heteroatoms. The molecular formula is C16H21N3O2. The molecule has 0 aromatic heterocycles. The molecule has 0 unspecified atom stereocenters. The van der Waals surface area contributed by atoms with Crippen LogP contribution in [0, 0.1) is 0 Å². The molecule has 0 aliphatic heterocycles. The lowest BCUT2D eigenvalue weighted by Gasteiger charge is -2.20. The van der Waals surface area contributed by atoms with Gasteiger partial charge in [-0.25, -0.2) is 0 Å². The smallest absolute Gasteiger partial charge is 0.253 e. The van der Waals surface area contributed by atoms with E-state index >= 15 is 0 Å². The number of nitrogens with zero attached hydrogens (tertiary/aromatic N) is 1. The summed E-state index contributed by atoms with van der Waals surface area (Å²) in [5.74, 6) is 0. The van der Waals surface area contributed by atoms with E-state index in [-0.39, 0.29) is 6.04 Å². The Kier molecular flexibility index (Phi) is 4.75. The highest BCUT2D eigenvalue weighted by Crippen LogP contribution is 2.21. The molecule has 2 N–H and O–H groups in total. The number of hydrogen-bond acceptors (Lipinski definition) is 5. The number of benzene rings is 1. The molecule has 2 aromatic carbocycles. The highest BCUT2D eigenvalue weighted by Gasteiger charge is 2.22. The Bertz CT molecular complexity index is 658. The molecular weight excluding hydrogens is 266 g/mol. The van der Waals surface area contributed by atoms with Crippen LogP contribution in [0.1, 0.15) is 18.5 Å². The minimum Gasteiger partial charge on any atom is -0.379 e. The molecule has 2 rings (SSSR count). The van der Waals surface area contributed by atoms with Gasteiger partial charge in [-0.05, 0) is 26.6 Å². The summed E-state index contributed by atoms with van der Waals surface area (Å²) in [4.78, 5) is 25.4. The molecule has 0 aliphatic rings. The van der Waals surface area contributed by atoms with Crippen molar-refractivity contribution in [2.75, 3.05) is 37.8 Å². The molecule has 112 valence electrons. The van der Waals surface area contributed by atoms with Gasteiger partial charge < -0.3 is 15.5 Å². The van der Waals surface area contributed by atoms with Crippen LogP contribution in [0.2, 0.25) is 0 Å². The third-order valence-electron chi connectivity index (χ3n) is 3.43. The van der Waals surface area contributed by atoms with E-state index < -0.39 is 10.9 Å². The molecule has 0 bridgehead atoms. The Labute approximate surface area is 124 Å². The SMILES string of the molecule is C[C@H](Nc1c(NCCN(C)C)c(=O)c1=O)c1ccccc1. The van der Waals surface area contributed by atoms with E-state index in [9.17, 15) is 9.59 Å². The first-order valence-electron chi connectivity index (χ1n) is 7.04. The standard InChI is InChI=1S/C16H21N3O2/c1-11(12-7-5-4-6-8-12)18-14-13(15(20)16(14)21)17-9-10-19(2)3/h4-8,11,17-18H,9-10H2,1-3H3/t11-/m0/s1. The number of rotatable bonds is 7. The fourth-order valence-corrected chi connectivity index (χ4v) is 2.14. The predicted octanol–water partition coefficient (Wildman–Crippen LogP) is 1.43. The maximum Gasteiger partial charge on any atom is 0.253 e. The van der Waals surface area contributed by atoms with E-state index in [4.69, 9.17) is 0 Å². The van der Waals surface area contributed by atoms with E-state index in [1.54, 1.807) is 0 Å². The highest BCUT2D eigenvalue weighted by molar-refractivity contribution is 5.74. The van der Waals surface area contributed by atoms with Crippen molar-refractivity contribution in [2.45, 2.75) is 13.0 Å². The van der Waals surface area contributed by atoms with Crippen LogP contribution < -0.4 is 21.5 Å². The van der Waals surface area contributed by atoms with Crippen molar-refractivity contribution in [1.29, 1.82) is 0 Å². The van der Waals surface area contributed by atoms with Crippen LogP contribution >= 0.6 is 0 Å². The lowest BCUT2D eigenvalue weighted by molar-refractivity contribution is 0.425. The van der Waals surface area contributed by atoms with Gasteiger partial charge in [-0.15, -0.1) is 0 Å². The van der Waals surface area contributed by atoms with E-state index in [2.05, 4.69) is 10.6 Å². The largest absolute Gasteiger partial charge is 0.379 e. The maximum atomic E-state index is 11.7. The van der Waals surface area contributed by atoms with Gasteiger partial charge in [0.1, 0.15) is 11.4 Å². The molecule has 1 atom stereocenters. The molecule has 0 saturated carbocycles. The summed E-state index contributed by atoms with van der Waals surface area (Å²) >= 11 is 0. The molecule has 0 radical (unpaired) electrons. The quantitative estimate of drug-likeness (QED) is 0.754. The molecule has 5 nitrogen and oxygen atoms in total. The number of anilines is 2. The van der Waals surface area contributed by atoms with Crippen molar-refractivity contribution in [3.8, 4) is 0 Å². The van der Waals surface area contributed by atoms with Crippen LogP contribution in [0.25, 0.3) is 0 Å². The van der Waals surface area contributed by atoms with E-state index in [0.717, 1.165) is 12.1 Å². The zero-order valence-electron chi connectivity index (χ0n) is 12.6. The Hall–Kier alpha value is -2.14. The number of nitrogens with one attached hydrogen (secondary N) is 2. The van der Waals surface area contributed by atoms with Gasteiger partial charge in [0.25, 0.3) is 10.9 Å². The average Bonchev–Trinajstić information content (AvgIpc) is 2.49. The average molecular weight is 287 g/mol. The summed E-state index contributed by atoms with van der Waals surface area (Å²) < 4.78 is 0. The normalized spacial score (nSPS) is 12.6. The topological polar surface area (TPSA) is 61.4 Å². The summed E-state index contributed by atoms with van der Waals surface area (Å²) in [5.41, 5.74) is 1.01. The van der Waals surface area contributed by atoms with Gasteiger partial charge >= 0.3 is 0 Å². The first-order chi connectivity index (χ1) is 10.0. The molecule has 0 amide bonds. The van der Waals surface area contributed by atoms with Gasteiger partial charge in [0.2, 0.25) is 0 Å². The fourth-order valence-electron chi connectivity index (χ4n) is 2.14. The van der Waals surface area contributed by atoms with Crippen molar-refractivity contribution >= 4 is 11.4 Å². The van der Waals surface area contributed by atoms with Crippen molar-refractivity contribution in [2.24, 2.45) is 0 Å². The zero-order valence-corrected chi connectivity index (χ0v) is 12.6. The zero-order chi connectivity index (χ0) is 15.4. The molecule has 21 heavy (non-hydrogen) atoms. The summed E-state index contributed by atoms with van der Waals surface area (Å²) in [6.45, 7) is 3.40. The van der Waals surface area contributed by atoms with Gasteiger partial charge in [-0.3, -0.25) is 9.59 Å². The van der Waals surface area contributed by atoms with Gasteiger partial charge in [0.15, 0.2) is 0 Å². The summed E-state index contributed by atoms with van der Waals surface area (Å²) in [6, 6.07) is 9.80. The first kappa shape index (κ1) is 15.3. The summed E-state index contributed by atoms with van der Waals surface area (Å²) in [6.07, 6.45) is 0. The maximum absolute atomic E-state index is 11.7. The predicted molar refractivity (Wildman–Crippen MR) is 86.9 cm³/mol. The Morgan fingerprint density at radius 2 is 1.67 bits per heavy atom. The molecule has 0 aliphatic carbocycles. The van der Waals surface area contributed by atoms with Crippen LogP contribution in [0.15, 0.2) is 39.9 Å². The Morgan fingerprint density at radius 1 is 1.05 bits per heavy atom. The molecule has 0 fully saturated rings. The fraction of sp³-hybridized carbons (Fsp3) is 0.375. The van der Waals surface area contributed by atoms with Crippen molar-refractivity contribution in [3.63, 3.8) is 0 Å². The van der Waals surface area contributed by atoms with Gasteiger partial charge in [0, 0.05) is 19.1 Å². The van der Waals surface area contributed by atoms with Gasteiger partial charge in [-0.1, -0.05) is 30.3 Å². The van der Waals surface area contributed by atoms with E-state index in [0.29, 0.717) is 17.9 Å². The first-order valence-corrected chi connectivity index (χ1v) is 7.04. The van der Waals surface area contributed by atoms with Crippen LogP contribution in [0.3, 0.4) is 0 Å². The van der Waals surface area contributed by atoms with Crippen molar-refractivity contribution in [1.82, 2.24) is 4.90 Å². The molecule has 0 saturated heterocycles. The van der Waals surface area contributed by atoms with Crippen LogP contribution in [0.4, 0.5) is 11.4 Å². The van der Waals surface area contributed by atoms with E-state index in [1.165, 1.54) is 0 Å². The summed E-state index contributed by atoms with van der Waals surface area (Å²) in [7, 11) is 3.92. The van der Waals surface area contributed by atoms with Crippen LogP contribution in [-0.4, -0.2) is 32.1 Å². The number of likely N-dealkylation sites (N-methyl/N-ethyl adjacent to an activating group) is 1. The highest BCUT2D eigenvalue weighted by atomic mass is 16.2. The molecule has 2 aromatic rings. The van der Waals surface area contributed by atoms with Crippen LogP contribution in [0.5, 0.6) is 0 Å². The molecule has 0 heterocycles. The minimum absolute atomic E-state index is 0.0242. The van der Waals surface area contributed by atoms with E-state index in [1.807, 2.05) is 56.3 Å². The van der Waals surface area contributed by atoms with Gasteiger partial charge in [-0.2, -0.15) is 0 Å². The van der Waals surface area contributed by atoms with Crippen LogP contribution in [-0.2, 0) is 0 Å².